The number of hydrogen-bond donors (Lipinski definition) is 2. The van der Waals surface area contributed by atoms with Gasteiger partial charge in [-0.15, -0.1) is 0 Å². The molecule has 0 aliphatic rings. The van der Waals surface area contributed by atoms with E-state index in [2.05, 4.69) is 15.6 Å². The molecule has 2 aromatic carbocycles. The lowest BCUT2D eigenvalue weighted by molar-refractivity contribution is 0.0949. The highest BCUT2D eigenvalue weighted by Crippen LogP contribution is 2.12. The maximum atomic E-state index is 13.2. The van der Waals surface area contributed by atoms with Crippen molar-refractivity contribution in [2.45, 2.75) is 6.54 Å². The van der Waals surface area contributed by atoms with Crippen molar-refractivity contribution in [3.8, 4) is 0 Å². The number of carbonyl (C=O) groups is 2. The Morgan fingerprint density at radius 2 is 1.54 bits per heavy atom. The standard InChI is InChI=1S/C20H16FN3O2/c21-17-2-1-3-18(12-17)24-20(26)16-6-4-15(5-7-16)19(25)23-13-14-8-10-22-11-9-14/h1-12H,13H2,(H,23,25)(H,24,26). The number of amides is 2. The molecule has 0 unspecified atom stereocenters. The van der Waals surface area contributed by atoms with Crippen LogP contribution in [0.25, 0.3) is 0 Å². The van der Waals surface area contributed by atoms with Gasteiger partial charge in [0.1, 0.15) is 5.82 Å². The Bertz CT molecular complexity index is 912. The van der Waals surface area contributed by atoms with E-state index in [1.54, 1.807) is 42.7 Å². The van der Waals surface area contributed by atoms with Crippen molar-refractivity contribution >= 4 is 17.5 Å². The zero-order valence-electron chi connectivity index (χ0n) is 13.8. The predicted molar refractivity (Wildman–Crippen MR) is 96.2 cm³/mol. The van der Waals surface area contributed by atoms with Crippen LogP contribution in [0, 0.1) is 5.82 Å². The molecule has 3 aromatic rings. The molecule has 0 bridgehead atoms. The van der Waals surface area contributed by atoms with Crippen LogP contribution in [0.2, 0.25) is 0 Å². The van der Waals surface area contributed by atoms with Gasteiger partial charge in [0, 0.05) is 35.8 Å². The maximum absolute atomic E-state index is 13.2. The normalized spacial score (nSPS) is 10.2. The summed E-state index contributed by atoms with van der Waals surface area (Å²) >= 11 is 0. The number of aromatic nitrogens is 1. The van der Waals surface area contributed by atoms with Crippen LogP contribution < -0.4 is 10.6 Å². The van der Waals surface area contributed by atoms with Crippen molar-refractivity contribution in [2.24, 2.45) is 0 Å². The highest BCUT2D eigenvalue weighted by molar-refractivity contribution is 6.05. The molecule has 5 nitrogen and oxygen atoms in total. The highest BCUT2D eigenvalue weighted by atomic mass is 19.1. The summed E-state index contributed by atoms with van der Waals surface area (Å²) in [4.78, 5) is 28.3. The van der Waals surface area contributed by atoms with Crippen molar-refractivity contribution in [3.05, 3.63) is 95.6 Å². The topological polar surface area (TPSA) is 71.1 Å². The van der Waals surface area contributed by atoms with E-state index in [1.807, 2.05) is 12.1 Å². The molecule has 0 saturated heterocycles. The summed E-state index contributed by atoms with van der Waals surface area (Å²) in [5, 5.41) is 5.41. The molecule has 3 rings (SSSR count). The summed E-state index contributed by atoms with van der Waals surface area (Å²) in [5.74, 6) is -1.04. The Hall–Kier alpha value is -3.54. The molecular weight excluding hydrogens is 333 g/mol. The summed E-state index contributed by atoms with van der Waals surface area (Å²) in [6.45, 7) is 0.392. The van der Waals surface area contributed by atoms with E-state index >= 15 is 0 Å². The Morgan fingerprint density at radius 3 is 2.19 bits per heavy atom. The van der Waals surface area contributed by atoms with E-state index in [0.29, 0.717) is 23.4 Å². The third-order valence-corrected chi connectivity index (χ3v) is 3.69. The highest BCUT2D eigenvalue weighted by Gasteiger charge is 2.09. The second-order valence-corrected chi connectivity index (χ2v) is 5.58. The molecule has 26 heavy (non-hydrogen) atoms. The SMILES string of the molecule is O=C(NCc1ccncc1)c1ccc(C(=O)Nc2cccc(F)c2)cc1. The average molecular weight is 349 g/mol. The van der Waals surface area contributed by atoms with Gasteiger partial charge >= 0.3 is 0 Å². The summed E-state index contributed by atoms with van der Waals surface area (Å²) in [6.07, 6.45) is 3.32. The van der Waals surface area contributed by atoms with Crippen LogP contribution in [0.3, 0.4) is 0 Å². The molecular formula is C20H16FN3O2. The van der Waals surface area contributed by atoms with Crippen molar-refractivity contribution in [2.75, 3.05) is 5.32 Å². The number of carbonyl (C=O) groups excluding carboxylic acids is 2. The van der Waals surface area contributed by atoms with Gasteiger partial charge < -0.3 is 10.6 Å². The minimum Gasteiger partial charge on any atom is -0.348 e. The molecule has 1 aromatic heterocycles. The van der Waals surface area contributed by atoms with Gasteiger partial charge in [0.25, 0.3) is 11.8 Å². The molecule has 0 spiro atoms. The summed E-state index contributed by atoms with van der Waals surface area (Å²) in [7, 11) is 0. The smallest absolute Gasteiger partial charge is 0.255 e. The van der Waals surface area contributed by atoms with Crippen LogP contribution >= 0.6 is 0 Å². The first-order chi connectivity index (χ1) is 12.6. The second kappa shape index (κ2) is 8.02. The maximum Gasteiger partial charge on any atom is 0.255 e. The fraction of sp³-hybridized carbons (Fsp3) is 0.0500. The number of halogens is 1. The lowest BCUT2D eigenvalue weighted by Gasteiger charge is -2.07. The van der Waals surface area contributed by atoms with Crippen molar-refractivity contribution in [1.82, 2.24) is 10.3 Å². The first-order valence-electron chi connectivity index (χ1n) is 7.96. The van der Waals surface area contributed by atoms with Gasteiger partial charge in [-0.3, -0.25) is 14.6 Å². The predicted octanol–water partition coefficient (Wildman–Crippen LogP) is 3.40. The first kappa shape index (κ1) is 17.3. The fourth-order valence-electron chi connectivity index (χ4n) is 2.33. The lowest BCUT2D eigenvalue weighted by atomic mass is 10.1. The van der Waals surface area contributed by atoms with E-state index in [9.17, 15) is 14.0 Å². The van der Waals surface area contributed by atoms with Gasteiger partial charge in [0.15, 0.2) is 0 Å². The molecule has 0 aliphatic heterocycles. The van der Waals surface area contributed by atoms with Crippen LogP contribution in [-0.2, 0) is 6.54 Å². The molecule has 2 amide bonds. The Kier molecular flexibility index (Phi) is 5.34. The zero-order chi connectivity index (χ0) is 18.4. The van der Waals surface area contributed by atoms with Crippen LogP contribution in [-0.4, -0.2) is 16.8 Å². The first-order valence-corrected chi connectivity index (χ1v) is 7.96. The molecule has 1 heterocycles. The van der Waals surface area contributed by atoms with Crippen LogP contribution in [0.4, 0.5) is 10.1 Å². The Labute approximate surface area is 149 Å². The van der Waals surface area contributed by atoms with Crippen LogP contribution in [0.1, 0.15) is 26.3 Å². The van der Waals surface area contributed by atoms with Crippen molar-refractivity contribution in [3.63, 3.8) is 0 Å². The average Bonchev–Trinajstić information content (AvgIpc) is 2.67. The molecule has 0 atom stereocenters. The third kappa shape index (κ3) is 4.51. The van der Waals surface area contributed by atoms with E-state index in [-0.39, 0.29) is 11.8 Å². The molecule has 0 aliphatic carbocycles. The number of nitrogens with zero attached hydrogens (tertiary/aromatic N) is 1. The summed E-state index contributed by atoms with van der Waals surface area (Å²) in [6, 6.07) is 15.5. The Balaban J connectivity index is 1.60. The van der Waals surface area contributed by atoms with Gasteiger partial charge in [-0.25, -0.2) is 4.39 Å². The quantitative estimate of drug-likeness (QED) is 0.742. The van der Waals surface area contributed by atoms with Gasteiger partial charge in [-0.05, 0) is 60.2 Å². The van der Waals surface area contributed by atoms with Gasteiger partial charge in [-0.1, -0.05) is 6.07 Å². The van der Waals surface area contributed by atoms with Gasteiger partial charge in [0.05, 0.1) is 0 Å². The summed E-state index contributed by atoms with van der Waals surface area (Å²) in [5.41, 5.74) is 2.13. The van der Waals surface area contributed by atoms with Gasteiger partial charge in [0.2, 0.25) is 0 Å². The van der Waals surface area contributed by atoms with Crippen LogP contribution in [0.5, 0.6) is 0 Å². The number of nitrogens with one attached hydrogen (secondary N) is 2. The van der Waals surface area contributed by atoms with E-state index in [1.165, 1.54) is 18.2 Å². The minimum atomic E-state index is -0.427. The molecule has 2 N–H and O–H groups in total. The Morgan fingerprint density at radius 1 is 0.885 bits per heavy atom. The number of hydrogen-bond acceptors (Lipinski definition) is 3. The fourth-order valence-corrected chi connectivity index (χ4v) is 2.33. The van der Waals surface area contributed by atoms with E-state index in [4.69, 9.17) is 0 Å². The van der Waals surface area contributed by atoms with E-state index < -0.39 is 5.82 Å². The third-order valence-electron chi connectivity index (χ3n) is 3.69. The molecule has 0 radical (unpaired) electrons. The molecule has 0 saturated carbocycles. The number of benzene rings is 2. The van der Waals surface area contributed by atoms with Crippen LogP contribution in [0.15, 0.2) is 73.1 Å². The largest absolute Gasteiger partial charge is 0.348 e. The monoisotopic (exact) mass is 349 g/mol. The van der Waals surface area contributed by atoms with Crippen molar-refractivity contribution in [1.29, 1.82) is 0 Å². The molecule has 6 heteroatoms. The summed E-state index contributed by atoms with van der Waals surface area (Å²) < 4.78 is 13.2. The molecule has 130 valence electrons. The number of anilines is 1. The molecule has 0 fully saturated rings. The van der Waals surface area contributed by atoms with Gasteiger partial charge in [-0.2, -0.15) is 0 Å². The van der Waals surface area contributed by atoms with E-state index in [0.717, 1.165) is 5.56 Å². The number of pyridine rings is 1. The number of rotatable bonds is 5. The second-order valence-electron chi connectivity index (χ2n) is 5.58. The zero-order valence-corrected chi connectivity index (χ0v) is 13.8. The lowest BCUT2D eigenvalue weighted by Crippen LogP contribution is -2.23. The minimum absolute atomic E-state index is 0.237. The van der Waals surface area contributed by atoms with Crippen molar-refractivity contribution < 1.29 is 14.0 Å².